The van der Waals surface area contributed by atoms with E-state index in [-0.39, 0.29) is 0 Å². The Morgan fingerprint density at radius 1 is 1.29 bits per heavy atom. The normalized spacial score (nSPS) is 18.2. The number of hydrogen-bond acceptors (Lipinski definition) is 2. The molecule has 0 aromatic rings. The second-order valence-corrected chi connectivity index (χ2v) is 4.85. The average Bonchev–Trinajstić information content (AvgIpc) is 2.34. The lowest BCUT2D eigenvalue weighted by molar-refractivity contribution is 0.0276. The van der Waals surface area contributed by atoms with Crippen molar-refractivity contribution in [2.75, 3.05) is 34.3 Å². The van der Waals surface area contributed by atoms with Crippen LogP contribution in [0.2, 0.25) is 0 Å². The molecule has 0 atom stereocenters. The molecule has 0 spiro atoms. The van der Waals surface area contributed by atoms with E-state index in [0.717, 1.165) is 25.5 Å². The second kappa shape index (κ2) is 8.34. The maximum absolute atomic E-state index is 5.87. The first kappa shape index (κ1) is 14.3. The number of guanidine groups is 1. The lowest BCUT2D eigenvalue weighted by atomic mass is 9.98. The van der Waals surface area contributed by atoms with Gasteiger partial charge in [0.05, 0.1) is 6.10 Å². The molecule has 4 heteroatoms. The van der Waals surface area contributed by atoms with Gasteiger partial charge in [0.15, 0.2) is 5.96 Å². The van der Waals surface area contributed by atoms with Gasteiger partial charge in [-0.2, -0.15) is 0 Å². The Morgan fingerprint density at radius 3 is 2.59 bits per heavy atom. The van der Waals surface area contributed by atoms with Crippen LogP contribution in [0.3, 0.4) is 0 Å². The molecule has 0 heterocycles. The number of nitrogens with one attached hydrogen (secondary N) is 1. The molecule has 0 amide bonds. The zero-order valence-corrected chi connectivity index (χ0v) is 11.5. The molecule has 4 nitrogen and oxygen atoms in total. The van der Waals surface area contributed by atoms with E-state index in [1.54, 1.807) is 7.05 Å². The number of nitrogens with zero attached hydrogens (tertiary/aromatic N) is 2. The smallest absolute Gasteiger partial charge is 0.193 e. The van der Waals surface area contributed by atoms with E-state index >= 15 is 0 Å². The summed E-state index contributed by atoms with van der Waals surface area (Å²) >= 11 is 0. The lowest BCUT2D eigenvalue weighted by Gasteiger charge is -2.22. The van der Waals surface area contributed by atoms with E-state index in [2.05, 4.69) is 10.3 Å². The van der Waals surface area contributed by atoms with E-state index in [4.69, 9.17) is 4.74 Å². The van der Waals surface area contributed by atoms with Crippen LogP contribution in [0, 0.1) is 0 Å². The standard InChI is InChI=1S/C13H27N3O/c1-14-13(16(2)3)15-10-7-11-17-12-8-5-4-6-9-12/h12H,4-11H2,1-3H3,(H,14,15). The summed E-state index contributed by atoms with van der Waals surface area (Å²) in [5, 5.41) is 3.30. The van der Waals surface area contributed by atoms with Crippen molar-refractivity contribution in [3.63, 3.8) is 0 Å². The van der Waals surface area contributed by atoms with Crippen LogP contribution >= 0.6 is 0 Å². The summed E-state index contributed by atoms with van der Waals surface area (Å²) in [6.45, 7) is 1.79. The second-order valence-electron chi connectivity index (χ2n) is 4.85. The quantitative estimate of drug-likeness (QED) is 0.453. The van der Waals surface area contributed by atoms with E-state index in [1.807, 2.05) is 19.0 Å². The maximum atomic E-state index is 5.87. The number of rotatable bonds is 5. The van der Waals surface area contributed by atoms with Crippen LogP contribution < -0.4 is 5.32 Å². The van der Waals surface area contributed by atoms with Gasteiger partial charge in [0.1, 0.15) is 0 Å². The zero-order chi connectivity index (χ0) is 12.5. The van der Waals surface area contributed by atoms with Gasteiger partial charge in [0.2, 0.25) is 0 Å². The number of aliphatic imine (C=N–C) groups is 1. The zero-order valence-electron chi connectivity index (χ0n) is 11.5. The van der Waals surface area contributed by atoms with Crippen molar-refractivity contribution in [1.82, 2.24) is 10.2 Å². The van der Waals surface area contributed by atoms with Crippen molar-refractivity contribution >= 4 is 5.96 Å². The van der Waals surface area contributed by atoms with Crippen LogP contribution in [0.25, 0.3) is 0 Å². The predicted molar refractivity (Wildman–Crippen MR) is 72.5 cm³/mol. The van der Waals surface area contributed by atoms with Gasteiger partial charge in [0.25, 0.3) is 0 Å². The van der Waals surface area contributed by atoms with Crippen molar-refractivity contribution in [2.45, 2.75) is 44.6 Å². The molecule has 0 radical (unpaired) electrons. The van der Waals surface area contributed by atoms with Crippen molar-refractivity contribution in [2.24, 2.45) is 4.99 Å². The summed E-state index contributed by atoms with van der Waals surface area (Å²) in [5.41, 5.74) is 0. The van der Waals surface area contributed by atoms with E-state index in [0.29, 0.717) is 6.10 Å². The van der Waals surface area contributed by atoms with Gasteiger partial charge in [-0.15, -0.1) is 0 Å². The summed E-state index contributed by atoms with van der Waals surface area (Å²) in [7, 11) is 5.79. The van der Waals surface area contributed by atoms with Gasteiger partial charge < -0.3 is 15.0 Å². The van der Waals surface area contributed by atoms with Gasteiger partial charge in [0, 0.05) is 34.3 Å². The lowest BCUT2D eigenvalue weighted by Crippen LogP contribution is -2.37. The Bertz CT molecular complexity index is 223. The van der Waals surface area contributed by atoms with E-state index < -0.39 is 0 Å². The summed E-state index contributed by atoms with van der Waals surface area (Å²) < 4.78 is 5.87. The van der Waals surface area contributed by atoms with Gasteiger partial charge in [-0.1, -0.05) is 19.3 Å². The molecule has 0 aromatic carbocycles. The minimum atomic E-state index is 0.525. The maximum Gasteiger partial charge on any atom is 0.193 e. The highest BCUT2D eigenvalue weighted by atomic mass is 16.5. The highest BCUT2D eigenvalue weighted by molar-refractivity contribution is 5.79. The first-order valence-corrected chi connectivity index (χ1v) is 6.73. The number of hydrogen-bond donors (Lipinski definition) is 1. The molecule has 0 saturated heterocycles. The third-order valence-electron chi connectivity index (χ3n) is 3.15. The molecule has 0 bridgehead atoms. The molecule has 100 valence electrons. The number of ether oxygens (including phenoxy) is 1. The minimum absolute atomic E-state index is 0.525. The molecule has 1 aliphatic rings. The van der Waals surface area contributed by atoms with Gasteiger partial charge in [-0.3, -0.25) is 4.99 Å². The predicted octanol–water partition coefficient (Wildman–Crippen LogP) is 1.86. The van der Waals surface area contributed by atoms with Crippen molar-refractivity contribution in [3.8, 4) is 0 Å². The van der Waals surface area contributed by atoms with Crippen molar-refractivity contribution in [3.05, 3.63) is 0 Å². The third-order valence-corrected chi connectivity index (χ3v) is 3.15. The molecule has 1 aliphatic carbocycles. The third kappa shape index (κ3) is 5.91. The Morgan fingerprint density at radius 2 is 2.00 bits per heavy atom. The fraction of sp³-hybridized carbons (Fsp3) is 0.923. The first-order valence-electron chi connectivity index (χ1n) is 6.73. The van der Waals surface area contributed by atoms with Crippen LogP contribution in [0.1, 0.15) is 38.5 Å². The van der Waals surface area contributed by atoms with E-state index in [9.17, 15) is 0 Å². The first-order chi connectivity index (χ1) is 8.24. The largest absolute Gasteiger partial charge is 0.378 e. The minimum Gasteiger partial charge on any atom is -0.378 e. The van der Waals surface area contributed by atoms with Crippen molar-refractivity contribution < 1.29 is 4.74 Å². The molecular weight excluding hydrogens is 214 g/mol. The fourth-order valence-electron chi connectivity index (χ4n) is 2.19. The van der Waals surface area contributed by atoms with Crippen LogP contribution in [0.15, 0.2) is 4.99 Å². The Balaban J connectivity index is 2.00. The Hall–Kier alpha value is -0.770. The molecule has 1 fully saturated rings. The van der Waals surface area contributed by atoms with Crippen LogP contribution in [-0.2, 0) is 4.74 Å². The topological polar surface area (TPSA) is 36.9 Å². The molecule has 17 heavy (non-hydrogen) atoms. The Kier molecular flexibility index (Phi) is 7.01. The highest BCUT2D eigenvalue weighted by Crippen LogP contribution is 2.20. The summed E-state index contributed by atoms with van der Waals surface area (Å²) in [4.78, 5) is 6.15. The van der Waals surface area contributed by atoms with E-state index in [1.165, 1.54) is 32.1 Å². The summed E-state index contributed by atoms with van der Waals surface area (Å²) in [6.07, 6.45) is 8.16. The van der Waals surface area contributed by atoms with Crippen LogP contribution in [0.4, 0.5) is 0 Å². The molecule has 0 aliphatic heterocycles. The fourth-order valence-corrected chi connectivity index (χ4v) is 2.19. The molecule has 1 saturated carbocycles. The monoisotopic (exact) mass is 241 g/mol. The van der Waals surface area contributed by atoms with Crippen LogP contribution in [-0.4, -0.2) is 51.3 Å². The molecule has 0 unspecified atom stereocenters. The highest BCUT2D eigenvalue weighted by Gasteiger charge is 2.12. The average molecular weight is 241 g/mol. The van der Waals surface area contributed by atoms with Gasteiger partial charge >= 0.3 is 0 Å². The van der Waals surface area contributed by atoms with Crippen LogP contribution in [0.5, 0.6) is 0 Å². The Labute approximate surface area is 105 Å². The van der Waals surface area contributed by atoms with Gasteiger partial charge in [-0.05, 0) is 19.3 Å². The SMILES string of the molecule is CN=C(NCCCOC1CCCCC1)N(C)C. The molecule has 0 aromatic heterocycles. The summed E-state index contributed by atoms with van der Waals surface area (Å²) in [6, 6.07) is 0. The van der Waals surface area contributed by atoms with Crippen molar-refractivity contribution in [1.29, 1.82) is 0 Å². The molecule has 1 rings (SSSR count). The molecular formula is C13H27N3O. The summed E-state index contributed by atoms with van der Waals surface area (Å²) in [5.74, 6) is 0.933. The van der Waals surface area contributed by atoms with Gasteiger partial charge in [-0.25, -0.2) is 0 Å². The molecule has 1 N–H and O–H groups in total.